The number of likely N-dealkylation sites (tertiary alicyclic amines) is 1. The number of nitrogens with zero attached hydrogens (tertiary/aromatic N) is 2. The highest BCUT2D eigenvalue weighted by atomic mass is 19.2. The van der Waals surface area contributed by atoms with E-state index in [0.717, 1.165) is 38.7 Å². The predicted octanol–water partition coefficient (Wildman–Crippen LogP) is 2.96. The van der Waals surface area contributed by atoms with Gasteiger partial charge in [0.15, 0.2) is 11.6 Å². The van der Waals surface area contributed by atoms with Gasteiger partial charge in [-0.25, -0.2) is 13.6 Å². The molecule has 2 amide bonds. The van der Waals surface area contributed by atoms with Gasteiger partial charge in [0.1, 0.15) is 0 Å². The molecular weight excluding hydrogens is 350 g/mol. The Kier molecular flexibility index (Phi) is 6.88. The van der Waals surface area contributed by atoms with Gasteiger partial charge >= 0.3 is 6.03 Å². The molecule has 27 heavy (non-hydrogen) atoms. The first kappa shape index (κ1) is 19.9. The molecule has 0 unspecified atom stereocenters. The number of anilines is 1. The van der Waals surface area contributed by atoms with Crippen LogP contribution in [0.25, 0.3) is 0 Å². The maximum atomic E-state index is 13.4. The monoisotopic (exact) mass is 380 g/mol. The third kappa shape index (κ3) is 5.54. The van der Waals surface area contributed by atoms with Gasteiger partial charge in [-0.3, -0.25) is 4.90 Å². The van der Waals surface area contributed by atoms with Crippen LogP contribution in [-0.2, 0) is 0 Å². The number of amides is 2. The fraction of sp³-hybridized carbons (Fsp3) is 0.650. The normalized spacial score (nSPS) is 23.4. The first-order chi connectivity index (χ1) is 13.0. The molecule has 0 bridgehead atoms. The smallest absolute Gasteiger partial charge is 0.314 e. The predicted molar refractivity (Wildman–Crippen MR) is 103 cm³/mol. The van der Waals surface area contributed by atoms with Gasteiger partial charge in [0, 0.05) is 50.5 Å². The highest BCUT2D eigenvalue weighted by Gasteiger charge is 2.24. The summed E-state index contributed by atoms with van der Waals surface area (Å²) in [5.74, 6) is -1.34. The van der Waals surface area contributed by atoms with Crippen LogP contribution in [0, 0.1) is 17.6 Å². The first-order valence-electron chi connectivity index (χ1n) is 9.98. The van der Waals surface area contributed by atoms with Crippen LogP contribution in [0.2, 0.25) is 0 Å². The minimum absolute atomic E-state index is 0.133. The number of hydrogen-bond acceptors (Lipinski definition) is 3. The number of hydrogen-bond donors (Lipinski definition) is 2. The fourth-order valence-electron chi connectivity index (χ4n) is 4.02. The van der Waals surface area contributed by atoms with E-state index in [2.05, 4.69) is 22.5 Å². The van der Waals surface area contributed by atoms with Crippen molar-refractivity contribution in [3.63, 3.8) is 0 Å². The molecule has 3 rings (SSSR count). The zero-order valence-corrected chi connectivity index (χ0v) is 16.0. The molecule has 1 aromatic rings. The molecule has 0 aromatic heterocycles. The van der Waals surface area contributed by atoms with E-state index in [4.69, 9.17) is 0 Å². The summed E-state index contributed by atoms with van der Waals surface area (Å²) in [7, 11) is 0. The minimum atomic E-state index is -0.827. The van der Waals surface area contributed by atoms with Gasteiger partial charge in [-0.15, -0.1) is 0 Å². The number of rotatable bonds is 6. The summed E-state index contributed by atoms with van der Waals surface area (Å²) in [5.41, 5.74) is 0.691. The molecule has 0 radical (unpaired) electrons. The summed E-state index contributed by atoms with van der Waals surface area (Å²) >= 11 is 0. The Hall–Kier alpha value is -1.89. The van der Waals surface area contributed by atoms with Crippen molar-refractivity contribution in [3.05, 3.63) is 29.8 Å². The third-order valence-corrected chi connectivity index (χ3v) is 5.73. The van der Waals surface area contributed by atoms with E-state index < -0.39 is 11.6 Å². The zero-order valence-electron chi connectivity index (χ0n) is 16.0. The molecule has 5 nitrogen and oxygen atoms in total. The Morgan fingerprint density at radius 2 is 2.00 bits per heavy atom. The van der Waals surface area contributed by atoms with E-state index in [1.807, 2.05) is 4.90 Å². The number of benzene rings is 1. The molecule has 2 aliphatic heterocycles. The summed E-state index contributed by atoms with van der Waals surface area (Å²) in [4.78, 5) is 16.5. The lowest BCUT2D eigenvalue weighted by atomic mass is 10.0. The van der Waals surface area contributed by atoms with Crippen LogP contribution in [0.3, 0.4) is 0 Å². The summed E-state index contributed by atoms with van der Waals surface area (Å²) in [6, 6.07) is 4.46. The molecule has 1 aromatic carbocycles. The molecule has 0 spiro atoms. The van der Waals surface area contributed by atoms with Crippen molar-refractivity contribution in [2.75, 3.05) is 44.2 Å². The molecule has 2 N–H and O–H groups in total. The lowest BCUT2D eigenvalue weighted by Gasteiger charge is -2.33. The van der Waals surface area contributed by atoms with E-state index in [1.54, 1.807) is 6.07 Å². The highest BCUT2D eigenvalue weighted by molar-refractivity contribution is 5.73. The second-order valence-corrected chi connectivity index (χ2v) is 7.72. The van der Waals surface area contributed by atoms with Gasteiger partial charge in [-0.2, -0.15) is 0 Å². The van der Waals surface area contributed by atoms with E-state index >= 15 is 0 Å². The maximum absolute atomic E-state index is 13.4. The van der Waals surface area contributed by atoms with E-state index in [9.17, 15) is 13.6 Å². The van der Waals surface area contributed by atoms with Crippen LogP contribution < -0.4 is 15.5 Å². The van der Waals surface area contributed by atoms with Crippen LogP contribution in [0.4, 0.5) is 19.3 Å². The molecule has 2 saturated heterocycles. The van der Waals surface area contributed by atoms with Crippen LogP contribution >= 0.6 is 0 Å². The van der Waals surface area contributed by atoms with Crippen LogP contribution in [0.5, 0.6) is 0 Å². The van der Waals surface area contributed by atoms with Crippen molar-refractivity contribution < 1.29 is 13.6 Å². The number of carbonyl (C=O) groups excluding carboxylic acids is 1. The Labute approximate surface area is 160 Å². The second kappa shape index (κ2) is 9.35. The quantitative estimate of drug-likeness (QED) is 0.798. The lowest BCUT2D eigenvalue weighted by Crippen LogP contribution is -2.45. The van der Waals surface area contributed by atoms with Gasteiger partial charge in [0.2, 0.25) is 0 Å². The topological polar surface area (TPSA) is 47.6 Å². The fourth-order valence-corrected chi connectivity index (χ4v) is 4.02. The average molecular weight is 380 g/mol. The molecule has 2 atom stereocenters. The van der Waals surface area contributed by atoms with Gasteiger partial charge in [0.05, 0.1) is 0 Å². The zero-order chi connectivity index (χ0) is 19.2. The molecule has 2 heterocycles. The largest absolute Gasteiger partial charge is 0.371 e. The second-order valence-electron chi connectivity index (χ2n) is 7.72. The summed E-state index contributed by atoms with van der Waals surface area (Å²) in [5, 5.41) is 5.87. The van der Waals surface area contributed by atoms with Gasteiger partial charge in [0.25, 0.3) is 0 Å². The maximum Gasteiger partial charge on any atom is 0.314 e. The van der Waals surface area contributed by atoms with Crippen molar-refractivity contribution in [2.45, 2.75) is 38.6 Å². The summed E-state index contributed by atoms with van der Waals surface area (Å²) in [6.45, 7) is 7.02. The molecule has 2 fully saturated rings. The molecular formula is C20H30F2N4O. The number of nitrogens with one attached hydrogen (secondary N) is 2. The first-order valence-corrected chi connectivity index (χ1v) is 9.98. The third-order valence-electron chi connectivity index (χ3n) is 5.73. The van der Waals surface area contributed by atoms with Crippen molar-refractivity contribution in [3.8, 4) is 0 Å². The SMILES string of the molecule is C[C@@H]1CCCCN1CCNC(=O)NC[C@H]1CCN(c2ccc(F)c(F)c2)C1. The number of piperidine rings is 1. The minimum Gasteiger partial charge on any atom is -0.371 e. The molecule has 7 heteroatoms. The van der Waals surface area contributed by atoms with Crippen LogP contribution in [-0.4, -0.2) is 56.2 Å². The van der Waals surface area contributed by atoms with Gasteiger partial charge in [-0.1, -0.05) is 6.42 Å². The average Bonchev–Trinajstić information content (AvgIpc) is 3.13. The molecule has 0 aliphatic carbocycles. The van der Waals surface area contributed by atoms with Crippen molar-refractivity contribution in [1.82, 2.24) is 15.5 Å². The van der Waals surface area contributed by atoms with Crippen LogP contribution in [0.15, 0.2) is 18.2 Å². The number of urea groups is 1. The standard InChI is InChI=1S/C20H30F2N4O/c1-15-4-2-3-9-25(15)11-8-23-20(27)24-13-16-7-10-26(14-16)17-5-6-18(21)19(22)12-17/h5-6,12,15-16H,2-4,7-11,13-14H2,1H3,(H2,23,24,27)/t15-,16-/m1/s1. The Morgan fingerprint density at radius 3 is 2.78 bits per heavy atom. The number of halogens is 2. The lowest BCUT2D eigenvalue weighted by molar-refractivity contribution is 0.161. The summed E-state index contributed by atoms with van der Waals surface area (Å²) < 4.78 is 26.5. The molecule has 150 valence electrons. The Balaban J connectivity index is 1.34. The van der Waals surface area contributed by atoms with E-state index in [1.165, 1.54) is 25.3 Å². The van der Waals surface area contributed by atoms with E-state index in [0.29, 0.717) is 30.7 Å². The van der Waals surface area contributed by atoms with Crippen molar-refractivity contribution in [2.24, 2.45) is 5.92 Å². The molecule has 2 aliphatic rings. The Bertz CT molecular complexity index is 642. The number of carbonyl (C=O) groups is 1. The molecule has 0 saturated carbocycles. The van der Waals surface area contributed by atoms with Crippen molar-refractivity contribution in [1.29, 1.82) is 0 Å². The van der Waals surface area contributed by atoms with Gasteiger partial charge < -0.3 is 15.5 Å². The summed E-state index contributed by atoms with van der Waals surface area (Å²) in [6.07, 6.45) is 4.70. The highest BCUT2D eigenvalue weighted by Crippen LogP contribution is 2.25. The van der Waals surface area contributed by atoms with Crippen LogP contribution in [0.1, 0.15) is 32.6 Å². The van der Waals surface area contributed by atoms with E-state index in [-0.39, 0.29) is 6.03 Å². The van der Waals surface area contributed by atoms with Crippen molar-refractivity contribution >= 4 is 11.7 Å². The van der Waals surface area contributed by atoms with Gasteiger partial charge in [-0.05, 0) is 50.8 Å². The Morgan fingerprint density at radius 1 is 1.15 bits per heavy atom.